The van der Waals surface area contributed by atoms with Crippen LogP contribution in [0.3, 0.4) is 0 Å². The van der Waals surface area contributed by atoms with Gasteiger partial charge in [0, 0.05) is 12.0 Å². The number of halogens is 1. The molecule has 0 bridgehead atoms. The highest BCUT2D eigenvalue weighted by Crippen LogP contribution is 2.28. The number of para-hydroxylation sites is 2. The van der Waals surface area contributed by atoms with Gasteiger partial charge in [-0.3, -0.25) is 4.79 Å². The van der Waals surface area contributed by atoms with Crippen molar-refractivity contribution in [2.75, 3.05) is 11.9 Å². The lowest BCUT2D eigenvalue weighted by Gasteiger charge is -2.15. The maximum absolute atomic E-state index is 12.7. The number of ether oxygens (including phenoxy) is 2. The molecule has 29 heavy (non-hydrogen) atoms. The van der Waals surface area contributed by atoms with Crippen LogP contribution in [0.15, 0.2) is 77.3 Å². The molecule has 0 aliphatic heterocycles. The Morgan fingerprint density at radius 2 is 1.69 bits per heavy atom. The second kappa shape index (κ2) is 10.1. The average molecular weight is 454 g/mol. The molecule has 1 N–H and O–H groups in total. The normalized spacial score (nSPS) is 10.6. The summed E-state index contributed by atoms with van der Waals surface area (Å²) < 4.78 is 12.4. The van der Waals surface area contributed by atoms with Crippen LogP contribution in [-0.2, 0) is 6.42 Å². The number of carbonyl (C=O) groups is 1. The van der Waals surface area contributed by atoms with Crippen LogP contribution >= 0.6 is 15.9 Å². The molecule has 0 saturated carbocycles. The van der Waals surface area contributed by atoms with Crippen molar-refractivity contribution in [1.29, 1.82) is 0 Å². The van der Waals surface area contributed by atoms with E-state index in [1.54, 1.807) is 18.2 Å². The van der Waals surface area contributed by atoms with E-state index in [9.17, 15) is 4.79 Å². The van der Waals surface area contributed by atoms with Gasteiger partial charge in [-0.05, 0) is 65.7 Å². The minimum Gasteiger partial charge on any atom is -0.492 e. The standard InChI is InChI=1S/C24H24BrNO3/c1-17(2)29-23-11-7-6-10-21(23)26-24(27)19-12-13-22(20(25)16-19)28-15-14-18-8-4-3-5-9-18/h3-13,16-17H,14-15H2,1-2H3,(H,26,27). The SMILES string of the molecule is CC(C)Oc1ccccc1NC(=O)c1ccc(OCCc2ccccc2)c(Br)c1. The monoisotopic (exact) mass is 453 g/mol. The van der Waals surface area contributed by atoms with Crippen LogP contribution in [0.2, 0.25) is 0 Å². The minimum atomic E-state index is -0.207. The van der Waals surface area contributed by atoms with Crippen molar-refractivity contribution in [1.82, 2.24) is 0 Å². The molecule has 3 aromatic carbocycles. The topological polar surface area (TPSA) is 47.6 Å². The first kappa shape index (κ1) is 20.9. The summed E-state index contributed by atoms with van der Waals surface area (Å²) in [7, 11) is 0. The molecule has 0 unspecified atom stereocenters. The van der Waals surface area contributed by atoms with Crippen molar-refractivity contribution in [3.63, 3.8) is 0 Å². The van der Waals surface area contributed by atoms with Gasteiger partial charge in [0.15, 0.2) is 0 Å². The minimum absolute atomic E-state index is 0.0227. The molecule has 0 heterocycles. The number of amides is 1. The molecule has 3 aromatic rings. The van der Waals surface area contributed by atoms with Crippen LogP contribution in [0.25, 0.3) is 0 Å². The number of rotatable bonds is 8. The Morgan fingerprint density at radius 1 is 0.966 bits per heavy atom. The van der Waals surface area contributed by atoms with E-state index in [0.29, 0.717) is 29.4 Å². The fourth-order valence-corrected chi connectivity index (χ4v) is 3.30. The predicted octanol–water partition coefficient (Wildman–Crippen LogP) is 6.11. The first-order valence-electron chi connectivity index (χ1n) is 9.56. The third kappa shape index (κ3) is 6.09. The first-order chi connectivity index (χ1) is 14.0. The molecule has 0 spiro atoms. The van der Waals surface area contributed by atoms with E-state index in [-0.39, 0.29) is 12.0 Å². The summed E-state index contributed by atoms with van der Waals surface area (Å²) in [5.74, 6) is 1.15. The number of hydrogen-bond donors (Lipinski definition) is 1. The van der Waals surface area contributed by atoms with E-state index in [0.717, 1.165) is 10.9 Å². The van der Waals surface area contributed by atoms with Gasteiger partial charge in [0.1, 0.15) is 11.5 Å². The van der Waals surface area contributed by atoms with Crippen molar-refractivity contribution >= 4 is 27.5 Å². The average Bonchev–Trinajstić information content (AvgIpc) is 2.71. The van der Waals surface area contributed by atoms with E-state index < -0.39 is 0 Å². The van der Waals surface area contributed by atoms with E-state index in [2.05, 4.69) is 33.4 Å². The van der Waals surface area contributed by atoms with Crippen LogP contribution in [0.5, 0.6) is 11.5 Å². The lowest BCUT2D eigenvalue weighted by atomic mass is 10.1. The van der Waals surface area contributed by atoms with Crippen LogP contribution in [0.1, 0.15) is 29.8 Å². The quantitative estimate of drug-likeness (QED) is 0.447. The van der Waals surface area contributed by atoms with E-state index in [1.807, 2.05) is 56.3 Å². The summed E-state index contributed by atoms with van der Waals surface area (Å²) in [6.07, 6.45) is 0.844. The summed E-state index contributed by atoms with van der Waals surface area (Å²) in [5.41, 5.74) is 2.40. The molecule has 0 saturated heterocycles. The van der Waals surface area contributed by atoms with Crippen LogP contribution < -0.4 is 14.8 Å². The summed E-state index contributed by atoms with van der Waals surface area (Å²) in [4.78, 5) is 12.7. The molecule has 0 radical (unpaired) electrons. The number of hydrogen-bond acceptors (Lipinski definition) is 3. The van der Waals surface area contributed by atoms with Gasteiger partial charge in [-0.15, -0.1) is 0 Å². The summed E-state index contributed by atoms with van der Waals surface area (Å²) in [5, 5.41) is 2.92. The Labute approximate surface area is 180 Å². The highest BCUT2D eigenvalue weighted by atomic mass is 79.9. The zero-order chi connectivity index (χ0) is 20.6. The molecule has 3 rings (SSSR count). The highest BCUT2D eigenvalue weighted by Gasteiger charge is 2.13. The Morgan fingerprint density at radius 3 is 2.41 bits per heavy atom. The lowest BCUT2D eigenvalue weighted by molar-refractivity contribution is 0.102. The van der Waals surface area contributed by atoms with Gasteiger partial charge in [-0.25, -0.2) is 0 Å². The van der Waals surface area contributed by atoms with E-state index >= 15 is 0 Å². The number of nitrogens with one attached hydrogen (secondary N) is 1. The third-order valence-corrected chi connectivity index (χ3v) is 4.80. The molecule has 0 atom stereocenters. The van der Waals surface area contributed by atoms with Crippen molar-refractivity contribution in [3.8, 4) is 11.5 Å². The highest BCUT2D eigenvalue weighted by molar-refractivity contribution is 9.10. The number of benzene rings is 3. The second-order valence-corrected chi connectivity index (χ2v) is 7.70. The molecule has 1 amide bonds. The maximum Gasteiger partial charge on any atom is 0.255 e. The van der Waals surface area contributed by atoms with Crippen molar-refractivity contribution < 1.29 is 14.3 Å². The van der Waals surface area contributed by atoms with Crippen molar-refractivity contribution in [2.24, 2.45) is 0 Å². The van der Waals surface area contributed by atoms with Gasteiger partial charge < -0.3 is 14.8 Å². The van der Waals surface area contributed by atoms with Gasteiger partial charge in [-0.1, -0.05) is 42.5 Å². The molecule has 4 nitrogen and oxygen atoms in total. The van der Waals surface area contributed by atoms with Crippen LogP contribution in [0, 0.1) is 0 Å². The Hall–Kier alpha value is -2.79. The summed E-state index contributed by atoms with van der Waals surface area (Å²) in [6, 6.07) is 22.9. The van der Waals surface area contributed by atoms with Crippen LogP contribution in [0.4, 0.5) is 5.69 Å². The molecule has 5 heteroatoms. The number of carbonyl (C=O) groups excluding carboxylic acids is 1. The fourth-order valence-electron chi connectivity index (χ4n) is 2.80. The van der Waals surface area contributed by atoms with Gasteiger partial charge in [0.05, 0.1) is 22.9 Å². The molecule has 0 aromatic heterocycles. The molecule has 150 valence electrons. The maximum atomic E-state index is 12.7. The Balaban J connectivity index is 1.63. The van der Waals surface area contributed by atoms with Crippen molar-refractivity contribution in [2.45, 2.75) is 26.4 Å². The molecule has 0 aliphatic rings. The smallest absolute Gasteiger partial charge is 0.255 e. The van der Waals surface area contributed by atoms with Gasteiger partial charge in [-0.2, -0.15) is 0 Å². The van der Waals surface area contributed by atoms with Gasteiger partial charge in [0.25, 0.3) is 5.91 Å². The first-order valence-corrected chi connectivity index (χ1v) is 10.4. The number of anilines is 1. The lowest BCUT2D eigenvalue weighted by Crippen LogP contribution is -2.14. The van der Waals surface area contributed by atoms with Crippen LogP contribution in [-0.4, -0.2) is 18.6 Å². The van der Waals surface area contributed by atoms with E-state index in [1.165, 1.54) is 5.56 Å². The zero-order valence-electron chi connectivity index (χ0n) is 16.5. The molecular weight excluding hydrogens is 430 g/mol. The second-order valence-electron chi connectivity index (χ2n) is 6.85. The summed E-state index contributed by atoms with van der Waals surface area (Å²) >= 11 is 3.50. The van der Waals surface area contributed by atoms with Gasteiger partial charge >= 0.3 is 0 Å². The molecule has 0 fully saturated rings. The largest absolute Gasteiger partial charge is 0.492 e. The zero-order valence-corrected chi connectivity index (χ0v) is 18.1. The van der Waals surface area contributed by atoms with E-state index in [4.69, 9.17) is 9.47 Å². The Kier molecular flexibility index (Phi) is 7.30. The fraction of sp³-hybridized carbons (Fsp3) is 0.208. The molecule has 0 aliphatic carbocycles. The Bertz CT molecular complexity index is 957. The third-order valence-electron chi connectivity index (χ3n) is 4.18. The predicted molar refractivity (Wildman–Crippen MR) is 120 cm³/mol. The summed E-state index contributed by atoms with van der Waals surface area (Å²) in [6.45, 7) is 4.46. The van der Waals surface area contributed by atoms with Crippen molar-refractivity contribution in [3.05, 3.63) is 88.4 Å². The van der Waals surface area contributed by atoms with Gasteiger partial charge in [0.2, 0.25) is 0 Å². The molecular formula is C24H24BrNO3.